The maximum Gasteiger partial charge on any atom is 0.243 e. The Labute approximate surface area is 123 Å². The first kappa shape index (κ1) is 15.2. The largest absolute Gasteiger partial charge is 0.361 e. The molecule has 0 aromatic carbocycles. The van der Waals surface area contributed by atoms with Gasteiger partial charge >= 0.3 is 0 Å². The van der Waals surface area contributed by atoms with Gasteiger partial charge in [0.1, 0.15) is 5.76 Å². The van der Waals surface area contributed by atoms with E-state index < -0.39 is 0 Å². The molecule has 2 aromatic heterocycles. The molecule has 0 bridgehead atoms. The first-order valence-corrected chi connectivity index (χ1v) is 6.74. The number of nitrogens with zero attached hydrogens (tertiary/aromatic N) is 3. The fourth-order valence-electron chi connectivity index (χ4n) is 1.96. The van der Waals surface area contributed by atoms with Gasteiger partial charge in [0.05, 0.1) is 17.4 Å². The number of carbonyl (C=O) groups excluding carboxylic acids is 1. The van der Waals surface area contributed by atoms with Crippen molar-refractivity contribution in [2.75, 3.05) is 12.4 Å². The minimum atomic E-state index is -0.330. The lowest BCUT2D eigenvalue weighted by atomic mass is 10.1. The van der Waals surface area contributed by atoms with Crippen molar-refractivity contribution in [2.24, 2.45) is 0 Å². The molecule has 0 radical (unpaired) electrons. The topological polar surface area (TPSA) is 84.4 Å². The van der Waals surface area contributed by atoms with Crippen LogP contribution < -0.4 is 5.32 Å². The molecule has 2 rings (SSSR count). The Morgan fingerprint density at radius 1 is 1.33 bits per heavy atom. The molecule has 1 amide bonds. The number of amides is 1. The number of carbonyl (C=O) groups is 1. The Morgan fingerprint density at radius 2 is 2.05 bits per heavy atom. The summed E-state index contributed by atoms with van der Waals surface area (Å²) in [4.78, 5) is 14.1. The molecule has 114 valence electrons. The molecular weight excluding hydrogens is 272 g/mol. The summed E-state index contributed by atoms with van der Waals surface area (Å²) < 4.78 is 10.1. The first-order chi connectivity index (χ1) is 9.88. The van der Waals surface area contributed by atoms with Gasteiger partial charge in [0.15, 0.2) is 0 Å². The minimum Gasteiger partial charge on any atom is -0.361 e. The summed E-state index contributed by atoms with van der Waals surface area (Å²) in [7, 11) is 1.88. The summed E-state index contributed by atoms with van der Waals surface area (Å²) in [6.07, 6.45) is 0. The van der Waals surface area contributed by atoms with Crippen LogP contribution in [0.25, 0.3) is 0 Å². The smallest absolute Gasteiger partial charge is 0.243 e. The van der Waals surface area contributed by atoms with Gasteiger partial charge in [0.25, 0.3) is 0 Å². The van der Waals surface area contributed by atoms with Crippen LogP contribution in [-0.4, -0.2) is 34.2 Å². The van der Waals surface area contributed by atoms with Gasteiger partial charge in [-0.25, -0.2) is 0 Å². The van der Waals surface area contributed by atoms with E-state index >= 15 is 0 Å². The van der Waals surface area contributed by atoms with Gasteiger partial charge in [-0.2, -0.15) is 0 Å². The first-order valence-electron chi connectivity index (χ1n) is 6.74. The summed E-state index contributed by atoms with van der Waals surface area (Å²) in [5.41, 5.74) is 2.58. The van der Waals surface area contributed by atoms with Gasteiger partial charge in [0.2, 0.25) is 11.8 Å². The second-order valence-electron chi connectivity index (χ2n) is 5.22. The zero-order valence-electron chi connectivity index (χ0n) is 12.9. The Balaban J connectivity index is 1.98. The number of rotatable bonds is 5. The molecule has 0 saturated carbocycles. The molecule has 7 nitrogen and oxygen atoms in total. The van der Waals surface area contributed by atoms with Crippen LogP contribution in [0.3, 0.4) is 0 Å². The Kier molecular flexibility index (Phi) is 4.42. The van der Waals surface area contributed by atoms with E-state index in [1.807, 2.05) is 32.7 Å². The Hall–Kier alpha value is -2.15. The predicted octanol–water partition coefficient (Wildman–Crippen LogP) is 2.05. The van der Waals surface area contributed by atoms with E-state index in [1.165, 1.54) is 0 Å². The lowest BCUT2D eigenvalue weighted by molar-refractivity contribution is -0.120. The third kappa shape index (κ3) is 3.49. The zero-order valence-corrected chi connectivity index (χ0v) is 12.9. The lowest BCUT2D eigenvalue weighted by Gasteiger charge is -2.23. The number of anilines is 1. The fraction of sp³-hybridized carbons (Fsp3) is 0.500. The number of likely N-dealkylation sites (N-methyl/N-ethyl adjacent to an activating group) is 1. The quantitative estimate of drug-likeness (QED) is 0.908. The van der Waals surface area contributed by atoms with Crippen molar-refractivity contribution in [3.05, 3.63) is 28.8 Å². The van der Waals surface area contributed by atoms with Crippen molar-refractivity contribution in [1.82, 2.24) is 15.2 Å². The number of aromatic nitrogens is 2. The lowest BCUT2D eigenvalue weighted by Crippen LogP contribution is -2.39. The highest BCUT2D eigenvalue weighted by atomic mass is 16.5. The number of nitrogens with one attached hydrogen (secondary N) is 1. The highest BCUT2D eigenvalue weighted by molar-refractivity contribution is 5.93. The van der Waals surface area contributed by atoms with E-state index in [-0.39, 0.29) is 11.9 Å². The normalized spacial score (nSPS) is 12.7. The molecule has 0 fully saturated rings. The molecule has 1 atom stereocenters. The predicted molar refractivity (Wildman–Crippen MR) is 76.8 cm³/mol. The summed E-state index contributed by atoms with van der Waals surface area (Å²) in [5, 5.41) is 10.4. The molecule has 0 aliphatic heterocycles. The van der Waals surface area contributed by atoms with E-state index in [9.17, 15) is 4.79 Å². The average molecular weight is 292 g/mol. The summed E-state index contributed by atoms with van der Waals surface area (Å²) >= 11 is 0. The van der Waals surface area contributed by atoms with Crippen LogP contribution >= 0.6 is 0 Å². The van der Waals surface area contributed by atoms with Gasteiger partial charge in [-0.1, -0.05) is 10.3 Å². The van der Waals surface area contributed by atoms with E-state index in [0.717, 1.165) is 22.7 Å². The third-order valence-electron chi connectivity index (χ3n) is 3.50. The summed E-state index contributed by atoms with van der Waals surface area (Å²) in [6.45, 7) is 7.97. The molecule has 0 saturated heterocycles. The van der Waals surface area contributed by atoms with Crippen LogP contribution in [0.15, 0.2) is 15.1 Å². The molecule has 2 heterocycles. The number of aryl methyl sites for hydroxylation is 3. The molecule has 7 heteroatoms. The standard InChI is InChI=1S/C14H20N4O3/c1-8-6-13(21-16-8)15-14(19)10(3)18(5)7-12-9(2)17-20-11(12)4/h6,10H,7H2,1-5H3,(H,15,19). The highest BCUT2D eigenvalue weighted by Crippen LogP contribution is 2.16. The van der Waals surface area contributed by atoms with E-state index in [0.29, 0.717) is 12.4 Å². The van der Waals surface area contributed by atoms with Gasteiger partial charge in [-0.15, -0.1) is 0 Å². The SMILES string of the molecule is Cc1cc(NC(=O)C(C)N(C)Cc2c(C)noc2C)on1. The maximum absolute atomic E-state index is 12.2. The van der Waals surface area contributed by atoms with Crippen LogP contribution in [0.2, 0.25) is 0 Å². The Bertz CT molecular complexity index is 612. The maximum atomic E-state index is 12.2. The van der Waals surface area contributed by atoms with E-state index in [1.54, 1.807) is 13.0 Å². The van der Waals surface area contributed by atoms with Crippen LogP contribution in [0.1, 0.15) is 29.6 Å². The second kappa shape index (κ2) is 6.09. The molecular formula is C14H20N4O3. The monoisotopic (exact) mass is 292 g/mol. The third-order valence-corrected chi connectivity index (χ3v) is 3.50. The Morgan fingerprint density at radius 3 is 2.57 bits per heavy atom. The van der Waals surface area contributed by atoms with Gasteiger partial charge in [0, 0.05) is 18.2 Å². The minimum absolute atomic E-state index is 0.152. The molecule has 0 spiro atoms. The number of hydrogen-bond donors (Lipinski definition) is 1. The van der Waals surface area contributed by atoms with Crippen molar-refractivity contribution in [2.45, 2.75) is 40.3 Å². The molecule has 0 aliphatic rings. The number of hydrogen-bond acceptors (Lipinski definition) is 6. The highest BCUT2D eigenvalue weighted by Gasteiger charge is 2.21. The van der Waals surface area contributed by atoms with Crippen molar-refractivity contribution >= 4 is 11.8 Å². The van der Waals surface area contributed by atoms with Gasteiger partial charge < -0.3 is 9.05 Å². The van der Waals surface area contributed by atoms with E-state index in [2.05, 4.69) is 15.6 Å². The molecule has 1 N–H and O–H groups in total. The van der Waals surface area contributed by atoms with Crippen molar-refractivity contribution in [1.29, 1.82) is 0 Å². The van der Waals surface area contributed by atoms with Crippen molar-refractivity contribution < 1.29 is 13.8 Å². The molecule has 2 aromatic rings. The van der Waals surface area contributed by atoms with Crippen molar-refractivity contribution in [3.8, 4) is 0 Å². The van der Waals surface area contributed by atoms with Gasteiger partial charge in [-0.05, 0) is 34.7 Å². The van der Waals surface area contributed by atoms with Crippen LogP contribution in [0, 0.1) is 20.8 Å². The molecule has 0 aliphatic carbocycles. The van der Waals surface area contributed by atoms with Crippen LogP contribution in [0.4, 0.5) is 5.88 Å². The summed E-state index contributed by atoms with van der Waals surface area (Å²) in [6, 6.07) is 1.35. The van der Waals surface area contributed by atoms with Crippen LogP contribution in [-0.2, 0) is 11.3 Å². The fourth-order valence-corrected chi connectivity index (χ4v) is 1.96. The van der Waals surface area contributed by atoms with Gasteiger partial charge in [-0.3, -0.25) is 15.0 Å². The zero-order chi connectivity index (χ0) is 15.6. The molecule has 21 heavy (non-hydrogen) atoms. The van der Waals surface area contributed by atoms with Crippen molar-refractivity contribution in [3.63, 3.8) is 0 Å². The summed E-state index contributed by atoms with van der Waals surface area (Å²) in [5.74, 6) is 0.980. The second-order valence-corrected chi connectivity index (χ2v) is 5.22. The van der Waals surface area contributed by atoms with E-state index in [4.69, 9.17) is 9.05 Å². The molecule has 1 unspecified atom stereocenters. The average Bonchev–Trinajstić information content (AvgIpc) is 2.98. The van der Waals surface area contributed by atoms with Crippen LogP contribution in [0.5, 0.6) is 0 Å².